The Labute approximate surface area is 80.8 Å². The minimum atomic E-state index is -2.26. The Balaban J connectivity index is 2.22. The zero-order chi connectivity index (χ0) is 9.68. The van der Waals surface area contributed by atoms with Crippen LogP contribution < -0.4 is 5.32 Å². The van der Waals surface area contributed by atoms with E-state index in [1.54, 1.807) is 11.3 Å². The van der Waals surface area contributed by atoms with E-state index in [1.807, 2.05) is 23.8 Å². The minimum absolute atomic E-state index is 0.114. The van der Waals surface area contributed by atoms with Gasteiger partial charge in [0.1, 0.15) is 0 Å². The smallest absolute Gasteiger partial charge is 0.250 e. The van der Waals surface area contributed by atoms with Crippen molar-refractivity contribution in [3.8, 4) is 0 Å². The average Bonchev–Trinajstić information content (AvgIpc) is 2.53. The van der Waals surface area contributed by atoms with Gasteiger partial charge in [-0.3, -0.25) is 0 Å². The molecular weight excluding hydrogens is 192 g/mol. The Morgan fingerprint density at radius 1 is 1.54 bits per heavy atom. The fraction of sp³-hybridized carbons (Fsp3) is 0.556. The van der Waals surface area contributed by atoms with E-state index in [0.717, 1.165) is 6.42 Å². The van der Waals surface area contributed by atoms with Crippen molar-refractivity contribution in [3.63, 3.8) is 0 Å². The molecule has 0 radical (unpaired) electrons. The topological polar surface area (TPSA) is 12.0 Å². The second-order valence-corrected chi connectivity index (χ2v) is 3.82. The van der Waals surface area contributed by atoms with Gasteiger partial charge >= 0.3 is 0 Å². The molecule has 0 spiro atoms. The first-order chi connectivity index (χ1) is 6.18. The van der Waals surface area contributed by atoms with Crippen LogP contribution in [0, 0.1) is 0 Å². The summed E-state index contributed by atoms with van der Waals surface area (Å²) in [6.07, 6.45) is -1.44. The quantitative estimate of drug-likeness (QED) is 0.779. The Morgan fingerprint density at radius 3 is 2.85 bits per heavy atom. The first-order valence-corrected chi connectivity index (χ1v) is 5.15. The summed E-state index contributed by atoms with van der Waals surface area (Å²) in [7, 11) is 0. The third-order valence-corrected chi connectivity index (χ3v) is 2.47. The van der Waals surface area contributed by atoms with Gasteiger partial charge in [0.2, 0.25) is 0 Å². The molecule has 0 saturated carbocycles. The highest BCUT2D eigenvalue weighted by Crippen LogP contribution is 2.08. The Morgan fingerprint density at radius 2 is 2.31 bits per heavy atom. The molecule has 0 aliphatic carbocycles. The van der Waals surface area contributed by atoms with E-state index in [9.17, 15) is 8.78 Å². The van der Waals surface area contributed by atoms with Crippen LogP contribution in [-0.4, -0.2) is 19.0 Å². The Hall–Kier alpha value is -0.480. The van der Waals surface area contributed by atoms with Gasteiger partial charge in [0.25, 0.3) is 6.43 Å². The second kappa shape index (κ2) is 5.29. The summed E-state index contributed by atoms with van der Waals surface area (Å²) in [5.74, 6) is 0. The molecule has 0 bridgehead atoms. The van der Waals surface area contributed by atoms with Crippen molar-refractivity contribution in [2.24, 2.45) is 0 Å². The van der Waals surface area contributed by atoms with Gasteiger partial charge in [0, 0.05) is 6.04 Å². The molecule has 0 aromatic carbocycles. The van der Waals surface area contributed by atoms with Crippen LogP contribution >= 0.6 is 11.3 Å². The zero-order valence-corrected chi connectivity index (χ0v) is 8.28. The molecule has 4 heteroatoms. The number of rotatable bonds is 5. The van der Waals surface area contributed by atoms with Crippen molar-refractivity contribution in [2.75, 3.05) is 6.54 Å². The van der Waals surface area contributed by atoms with E-state index < -0.39 is 6.43 Å². The molecule has 0 fully saturated rings. The van der Waals surface area contributed by atoms with Crippen LogP contribution in [0.5, 0.6) is 0 Å². The summed E-state index contributed by atoms with van der Waals surface area (Å²) in [6.45, 7) is 1.70. The first-order valence-electron chi connectivity index (χ1n) is 4.21. The van der Waals surface area contributed by atoms with Crippen LogP contribution in [0.1, 0.15) is 12.5 Å². The second-order valence-electron chi connectivity index (χ2n) is 3.04. The Bertz CT molecular complexity index is 224. The predicted octanol–water partition coefficient (Wildman–Crippen LogP) is 2.53. The molecule has 74 valence electrons. The molecular formula is C9H13F2NS. The zero-order valence-electron chi connectivity index (χ0n) is 7.47. The minimum Gasteiger partial charge on any atom is -0.309 e. The molecule has 13 heavy (non-hydrogen) atoms. The molecule has 0 aliphatic rings. The summed E-state index contributed by atoms with van der Waals surface area (Å²) >= 11 is 1.63. The van der Waals surface area contributed by atoms with Crippen molar-refractivity contribution in [3.05, 3.63) is 22.4 Å². The van der Waals surface area contributed by atoms with Gasteiger partial charge in [0.05, 0.1) is 6.54 Å². The van der Waals surface area contributed by atoms with Crippen molar-refractivity contribution in [2.45, 2.75) is 25.8 Å². The number of halogens is 2. The molecule has 0 aliphatic heterocycles. The highest BCUT2D eigenvalue weighted by molar-refractivity contribution is 7.07. The van der Waals surface area contributed by atoms with Crippen molar-refractivity contribution < 1.29 is 8.78 Å². The lowest BCUT2D eigenvalue weighted by molar-refractivity contribution is 0.142. The van der Waals surface area contributed by atoms with Gasteiger partial charge in [-0.25, -0.2) is 8.78 Å². The number of thiophene rings is 1. The lowest BCUT2D eigenvalue weighted by Crippen LogP contribution is -2.32. The fourth-order valence-electron chi connectivity index (χ4n) is 1.12. The molecule has 1 unspecified atom stereocenters. The normalized spacial score (nSPS) is 13.5. The van der Waals surface area contributed by atoms with Gasteiger partial charge in [-0.05, 0) is 35.7 Å². The van der Waals surface area contributed by atoms with E-state index in [2.05, 4.69) is 5.32 Å². The van der Waals surface area contributed by atoms with E-state index in [0.29, 0.717) is 0 Å². The number of alkyl halides is 2. The van der Waals surface area contributed by atoms with Crippen LogP contribution in [0.3, 0.4) is 0 Å². The van der Waals surface area contributed by atoms with Crippen molar-refractivity contribution >= 4 is 11.3 Å². The molecule has 1 N–H and O–H groups in total. The summed E-state index contributed by atoms with van der Waals surface area (Å²) in [5, 5.41) is 6.81. The van der Waals surface area contributed by atoms with Gasteiger partial charge in [-0.15, -0.1) is 0 Å². The van der Waals surface area contributed by atoms with Gasteiger partial charge in [0.15, 0.2) is 0 Å². The summed E-state index contributed by atoms with van der Waals surface area (Å²) < 4.78 is 23.6. The maximum absolute atomic E-state index is 11.8. The molecule has 1 heterocycles. The van der Waals surface area contributed by atoms with Crippen LogP contribution in [0.15, 0.2) is 16.8 Å². The summed E-state index contributed by atoms with van der Waals surface area (Å²) in [4.78, 5) is 0. The maximum Gasteiger partial charge on any atom is 0.250 e. The van der Waals surface area contributed by atoms with E-state index in [-0.39, 0.29) is 12.6 Å². The molecule has 1 rings (SSSR count). The fourth-order valence-corrected chi connectivity index (χ4v) is 1.81. The lowest BCUT2D eigenvalue weighted by atomic mass is 10.1. The van der Waals surface area contributed by atoms with Crippen LogP contribution in [0.25, 0.3) is 0 Å². The molecule has 1 atom stereocenters. The van der Waals surface area contributed by atoms with Gasteiger partial charge in [-0.2, -0.15) is 11.3 Å². The third-order valence-electron chi connectivity index (χ3n) is 1.74. The molecule has 0 saturated heterocycles. The SMILES string of the molecule is CC(Cc1ccsc1)NCC(F)F. The summed E-state index contributed by atoms with van der Waals surface area (Å²) in [5.41, 5.74) is 1.21. The number of hydrogen-bond acceptors (Lipinski definition) is 2. The van der Waals surface area contributed by atoms with Crippen molar-refractivity contribution in [1.29, 1.82) is 0 Å². The average molecular weight is 205 g/mol. The van der Waals surface area contributed by atoms with E-state index >= 15 is 0 Å². The van der Waals surface area contributed by atoms with Crippen molar-refractivity contribution in [1.82, 2.24) is 5.32 Å². The van der Waals surface area contributed by atoms with Crippen LogP contribution in [0.4, 0.5) is 8.78 Å². The van der Waals surface area contributed by atoms with Crippen LogP contribution in [-0.2, 0) is 6.42 Å². The Kier molecular flexibility index (Phi) is 4.32. The molecule has 1 aromatic heterocycles. The largest absolute Gasteiger partial charge is 0.309 e. The monoisotopic (exact) mass is 205 g/mol. The third kappa shape index (κ3) is 4.33. The molecule has 0 amide bonds. The van der Waals surface area contributed by atoms with Crippen LogP contribution in [0.2, 0.25) is 0 Å². The molecule has 1 aromatic rings. The lowest BCUT2D eigenvalue weighted by Gasteiger charge is -2.11. The number of hydrogen-bond donors (Lipinski definition) is 1. The van der Waals surface area contributed by atoms with Gasteiger partial charge < -0.3 is 5.32 Å². The predicted molar refractivity (Wildman–Crippen MR) is 51.5 cm³/mol. The van der Waals surface area contributed by atoms with E-state index in [4.69, 9.17) is 0 Å². The van der Waals surface area contributed by atoms with Gasteiger partial charge in [-0.1, -0.05) is 0 Å². The number of nitrogens with one attached hydrogen (secondary N) is 1. The maximum atomic E-state index is 11.8. The van der Waals surface area contributed by atoms with E-state index in [1.165, 1.54) is 5.56 Å². The standard InChI is InChI=1S/C9H13F2NS/c1-7(12-5-9(10)11)4-8-2-3-13-6-8/h2-3,6-7,9,12H,4-5H2,1H3. The highest BCUT2D eigenvalue weighted by atomic mass is 32.1. The first kappa shape index (κ1) is 10.6. The summed E-state index contributed by atoms with van der Waals surface area (Å²) in [6, 6.07) is 2.13. The highest BCUT2D eigenvalue weighted by Gasteiger charge is 2.06. The molecule has 1 nitrogen and oxygen atoms in total.